The summed E-state index contributed by atoms with van der Waals surface area (Å²) in [6, 6.07) is 16.9. The zero-order chi connectivity index (χ0) is 18.2. The lowest BCUT2D eigenvalue weighted by molar-refractivity contribution is -0.136. The number of hydrogen-bond donors (Lipinski definition) is 2. The van der Waals surface area contributed by atoms with Gasteiger partial charge in [0.05, 0.1) is 6.04 Å². The molecule has 25 heavy (non-hydrogen) atoms. The highest BCUT2D eigenvalue weighted by molar-refractivity contribution is 8.14. The summed E-state index contributed by atoms with van der Waals surface area (Å²) < 4.78 is 0. The Morgan fingerprint density at radius 2 is 1.56 bits per heavy atom. The Morgan fingerprint density at radius 3 is 2.12 bits per heavy atom. The van der Waals surface area contributed by atoms with Crippen molar-refractivity contribution in [1.82, 2.24) is 5.32 Å². The number of rotatable bonds is 7. The van der Waals surface area contributed by atoms with E-state index >= 15 is 0 Å². The van der Waals surface area contributed by atoms with E-state index in [0.29, 0.717) is 5.56 Å². The molecule has 130 valence electrons. The van der Waals surface area contributed by atoms with Crippen molar-refractivity contribution < 1.29 is 19.5 Å². The Balaban J connectivity index is 1.95. The van der Waals surface area contributed by atoms with E-state index in [9.17, 15) is 19.5 Å². The molecule has 0 aliphatic heterocycles. The van der Waals surface area contributed by atoms with E-state index in [1.54, 1.807) is 37.3 Å². The molecule has 5 nitrogen and oxygen atoms in total. The molecule has 2 aromatic carbocycles. The predicted molar refractivity (Wildman–Crippen MR) is 97.5 cm³/mol. The molecule has 2 N–H and O–H groups in total. The Kier molecular flexibility index (Phi) is 6.77. The van der Waals surface area contributed by atoms with Crippen LogP contribution >= 0.6 is 11.8 Å². The minimum Gasteiger partial charge on any atom is -0.480 e. The van der Waals surface area contributed by atoms with Crippen LogP contribution in [0.3, 0.4) is 0 Å². The highest BCUT2D eigenvalue weighted by Crippen LogP contribution is 2.19. The van der Waals surface area contributed by atoms with E-state index in [2.05, 4.69) is 5.32 Å². The SMILES string of the molecule is C[C@H](NC(=O)c1ccccc1)C(=O)S[C@@H](Cc1ccccc1)C(=O)O. The Bertz CT molecular complexity index is 734. The fourth-order valence-electron chi connectivity index (χ4n) is 2.18. The summed E-state index contributed by atoms with van der Waals surface area (Å²) in [5.41, 5.74) is 1.29. The summed E-state index contributed by atoms with van der Waals surface area (Å²) in [6.07, 6.45) is 0.242. The summed E-state index contributed by atoms with van der Waals surface area (Å²) >= 11 is 0.740. The van der Waals surface area contributed by atoms with Crippen molar-refractivity contribution in [2.45, 2.75) is 24.6 Å². The highest BCUT2D eigenvalue weighted by Gasteiger charge is 2.26. The van der Waals surface area contributed by atoms with Gasteiger partial charge in [-0.3, -0.25) is 14.4 Å². The maximum Gasteiger partial charge on any atom is 0.317 e. The second-order valence-electron chi connectivity index (χ2n) is 5.51. The summed E-state index contributed by atoms with van der Waals surface area (Å²) in [7, 11) is 0. The first-order valence-corrected chi connectivity index (χ1v) is 8.68. The van der Waals surface area contributed by atoms with Gasteiger partial charge in [0.15, 0.2) is 0 Å². The zero-order valence-electron chi connectivity index (χ0n) is 13.7. The maximum atomic E-state index is 12.3. The number of carbonyl (C=O) groups is 3. The number of carbonyl (C=O) groups excluding carboxylic acids is 2. The average Bonchev–Trinajstić information content (AvgIpc) is 2.62. The van der Waals surface area contributed by atoms with Gasteiger partial charge in [-0.15, -0.1) is 0 Å². The smallest absolute Gasteiger partial charge is 0.317 e. The molecule has 0 saturated heterocycles. The van der Waals surface area contributed by atoms with Gasteiger partial charge in [0, 0.05) is 5.56 Å². The number of aliphatic carboxylic acids is 1. The van der Waals surface area contributed by atoms with Crippen LogP contribution in [0.5, 0.6) is 0 Å². The Hall–Kier alpha value is -2.60. The number of carboxylic acids is 1. The Morgan fingerprint density at radius 1 is 1.00 bits per heavy atom. The summed E-state index contributed by atoms with van der Waals surface area (Å²) in [5, 5.41) is 10.7. The van der Waals surface area contributed by atoms with E-state index < -0.39 is 17.3 Å². The molecule has 0 saturated carbocycles. The van der Waals surface area contributed by atoms with Crippen LogP contribution in [-0.2, 0) is 16.0 Å². The molecule has 0 radical (unpaired) electrons. The average molecular weight is 357 g/mol. The zero-order valence-corrected chi connectivity index (χ0v) is 14.5. The molecule has 0 bridgehead atoms. The van der Waals surface area contributed by atoms with E-state index in [1.165, 1.54) is 0 Å². The number of thioether (sulfide) groups is 1. The van der Waals surface area contributed by atoms with Crippen molar-refractivity contribution in [1.29, 1.82) is 0 Å². The topological polar surface area (TPSA) is 83.5 Å². The quantitative estimate of drug-likeness (QED) is 0.796. The first-order chi connectivity index (χ1) is 12.0. The first-order valence-electron chi connectivity index (χ1n) is 7.80. The van der Waals surface area contributed by atoms with Crippen molar-refractivity contribution in [3.8, 4) is 0 Å². The summed E-state index contributed by atoms with van der Waals surface area (Å²) in [6.45, 7) is 1.55. The third-order valence-corrected chi connectivity index (χ3v) is 4.77. The summed E-state index contributed by atoms with van der Waals surface area (Å²) in [5.74, 6) is -1.42. The van der Waals surface area contributed by atoms with Crippen LogP contribution in [-0.4, -0.2) is 33.4 Å². The molecular weight excluding hydrogens is 338 g/mol. The van der Waals surface area contributed by atoms with E-state index in [1.807, 2.05) is 30.3 Å². The van der Waals surface area contributed by atoms with Gasteiger partial charge in [-0.2, -0.15) is 0 Å². The second-order valence-corrected chi connectivity index (χ2v) is 6.72. The van der Waals surface area contributed by atoms with Crippen LogP contribution in [0, 0.1) is 0 Å². The van der Waals surface area contributed by atoms with E-state index in [4.69, 9.17) is 0 Å². The standard InChI is InChI=1S/C19H19NO4S/c1-13(20-17(21)15-10-6-3-7-11-15)19(24)25-16(18(22)23)12-14-8-4-2-5-9-14/h2-11,13,16H,12H2,1H3,(H,20,21)(H,22,23)/t13-,16-/m0/s1. The molecule has 0 unspecified atom stereocenters. The number of hydrogen-bond acceptors (Lipinski definition) is 4. The number of amides is 1. The third kappa shape index (κ3) is 5.76. The fraction of sp³-hybridized carbons (Fsp3) is 0.211. The highest BCUT2D eigenvalue weighted by atomic mass is 32.2. The van der Waals surface area contributed by atoms with Gasteiger partial charge in [0.25, 0.3) is 5.91 Å². The van der Waals surface area contributed by atoms with Crippen LogP contribution in [0.15, 0.2) is 60.7 Å². The normalized spacial score (nSPS) is 12.8. The minimum atomic E-state index is -1.05. The molecule has 0 aromatic heterocycles. The lowest BCUT2D eigenvalue weighted by Crippen LogP contribution is -2.38. The number of benzene rings is 2. The van der Waals surface area contributed by atoms with Gasteiger partial charge in [0.1, 0.15) is 5.25 Å². The Labute approximate surface area is 150 Å². The molecule has 0 aliphatic carbocycles. The number of nitrogens with one attached hydrogen (secondary N) is 1. The molecule has 0 spiro atoms. The van der Waals surface area contributed by atoms with Crippen LogP contribution in [0.4, 0.5) is 0 Å². The van der Waals surface area contributed by atoms with Crippen LogP contribution in [0.2, 0.25) is 0 Å². The van der Waals surface area contributed by atoms with E-state index in [-0.39, 0.29) is 17.4 Å². The van der Waals surface area contributed by atoms with Gasteiger partial charge < -0.3 is 10.4 Å². The van der Waals surface area contributed by atoms with Gasteiger partial charge in [-0.1, -0.05) is 60.3 Å². The van der Waals surface area contributed by atoms with Crippen molar-refractivity contribution >= 4 is 28.8 Å². The fourth-order valence-corrected chi connectivity index (χ4v) is 3.10. The molecule has 2 atom stereocenters. The van der Waals surface area contributed by atoms with Crippen molar-refractivity contribution in [3.05, 3.63) is 71.8 Å². The van der Waals surface area contributed by atoms with Gasteiger partial charge in [-0.25, -0.2) is 0 Å². The van der Waals surface area contributed by atoms with E-state index in [0.717, 1.165) is 17.3 Å². The number of carboxylic acid groups (broad SMARTS) is 1. The lowest BCUT2D eigenvalue weighted by Gasteiger charge is -2.16. The van der Waals surface area contributed by atoms with Gasteiger partial charge in [0.2, 0.25) is 5.12 Å². The molecule has 6 heteroatoms. The second kappa shape index (κ2) is 9.03. The minimum absolute atomic E-state index is 0.242. The molecule has 0 aliphatic rings. The van der Waals surface area contributed by atoms with Crippen LogP contribution < -0.4 is 5.32 Å². The molecule has 0 fully saturated rings. The largest absolute Gasteiger partial charge is 0.480 e. The van der Waals surface area contributed by atoms with Crippen LogP contribution in [0.1, 0.15) is 22.8 Å². The van der Waals surface area contributed by atoms with Crippen molar-refractivity contribution in [2.75, 3.05) is 0 Å². The maximum absolute atomic E-state index is 12.3. The predicted octanol–water partition coefficient (Wildman–Crippen LogP) is 2.76. The van der Waals surface area contributed by atoms with Gasteiger partial charge in [-0.05, 0) is 31.0 Å². The monoisotopic (exact) mass is 357 g/mol. The van der Waals surface area contributed by atoms with Crippen molar-refractivity contribution in [3.63, 3.8) is 0 Å². The molecule has 2 aromatic rings. The van der Waals surface area contributed by atoms with Gasteiger partial charge >= 0.3 is 5.97 Å². The van der Waals surface area contributed by atoms with Crippen molar-refractivity contribution in [2.24, 2.45) is 0 Å². The summed E-state index contributed by atoms with van der Waals surface area (Å²) in [4.78, 5) is 35.8. The first kappa shape index (κ1) is 18.7. The molecule has 1 amide bonds. The molecule has 0 heterocycles. The lowest BCUT2D eigenvalue weighted by atomic mass is 10.1. The van der Waals surface area contributed by atoms with Crippen LogP contribution in [0.25, 0.3) is 0 Å². The molecular formula is C19H19NO4S. The molecule has 2 rings (SSSR count). The third-order valence-electron chi connectivity index (χ3n) is 3.53.